The van der Waals surface area contributed by atoms with Gasteiger partial charge in [-0.25, -0.2) is 0 Å². The summed E-state index contributed by atoms with van der Waals surface area (Å²) < 4.78 is 16.9. The van der Waals surface area contributed by atoms with Gasteiger partial charge in [0.1, 0.15) is 13.2 Å². The molecule has 6 nitrogen and oxygen atoms in total. The molecule has 0 amide bonds. The molecule has 79 heavy (non-hydrogen) atoms. The summed E-state index contributed by atoms with van der Waals surface area (Å²) in [6, 6.07) is 0. The molecule has 0 aromatic heterocycles. The molecule has 0 aliphatic carbocycles. The van der Waals surface area contributed by atoms with Crippen LogP contribution < -0.4 is 0 Å². The molecule has 0 saturated heterocycles. The van der Waals surface area contributed by atoms with Crippen LogP contribution in [-0.2, 0) is 28.6 Å². The lowest BCUT2D eigenvalue weighted by atomic mass is 10.0. The van der Waals surface area contributed by atoms with Gasteiger partial charge in [0.05, 0.1) is 0 Å². The molecule has 0 radical (unpaired) electrons. The first-order valence-corrected chi connectivity index (χ1v) is 33.7. The fourth-order valence-corrected chi connectivity index (χ4v) is 9.58. The summed E-state index contributed by atoms with van der Waals surface area (Å²) in [5.41, 5.74) is 0. The Morgan fingerprint density at radius 2 is 0.494 bits per heavy atom. The fourth-order valence-electron chi connectivity index (χ4n) is 9.58. The summed E-state index contributed by atoms with van der Waals surface area (Å²) >= 11 is 0. The van der Waals surface area contributed by atoms with Crippen molar-refractivity contribution in [3.05, 3.63) is 97.2 Å². The third kappa shape index (κ3) is 65.0. The van der Waals surface area contributed by atoms with E-state index in [1.807, 2.05) is 0 Å². The van der Waals surface area contributed by atoms with E-state index in [0.29, 0.717) is 19.3 Å². The van der Waals surface area contributed by atoms with Gasteiger partial charge in [0.15, 0.2) is 6.10 Å². The molecule has 0 spiro atoms. The summed E-state index contributed by atoms with van der Waals surface area (Å²) in [5.74, 6) is -0.897. The highest BCUT2D eigenvalue weighted by Gasteiger charge is 2.19. The van der Waals surface area contributed by atoms with Gasteiger partial charge >= 0.3 is 17.9 Å². The standard InChI is InChI=1S/C73H126O6/c1-4-7-10-13-16-19-21-23-25-27-29-31-33-34-35-36-37-38-40-41-43-45-47-49-51-54-57-60-63-66-72(75)78-69-70(68-77-71(74)65-62-59-56-53-18-15-12-9-6-3)79-73(76)67-64-61-58-55-52-50-48-46-44-42-39-32-30-28-26-24-22-20-17-14-11-8-5-2/h7,10,16,19,23,25,29,31,34-35,37-38,41,43,47,49,70H,4-6,8-9,11-15,17-18,20-22,24,26-28,30,32-33,36,39-40,42,44-46,48,50-69H2,1-3H3/b10-7-,19-16-,25-23-,31-29-,35-34-,38-37-,43-41-,49-47-. The van der Waals surface area contributed by atoms with Gasteiger partial charge in [-0.2, -0.15) is 0 Å². The summed E-state index contributed by atoms with van der Waals surface area (Å²) in [4.78, 5) is 38.2. The number of carbonyl (C=O) groups excluding carboxylic acids is 3. The average Bonchev–Trinajstić information content (AvgIpc) is 3.45. The number of hydrogen-bond acceptors (Lipinski definition) is 6. The van der Waals surface area contributed by atoms with Crippen LogP contribution in [0.2, 0.25) is 0 Å². The van der Waals surface area contributed by atoms with Crippen LogP contribution in [0.3, 0.4) is 0 Å². The Balaban J connectivity index is 4.25. The lowest BCUT2D eigenvalue weighted by molar-refractivity contribution is -0.167. The van der Waals surface area contributed by atoms with Crippen LogP contribution in [0.5, 0.6) is 0 Å². The van der Waals surface area contributed by atoms with E-state index in [1.165, 1.54) is 167 Å². The number of ether oxygens (including phenoxy) is 3. The molecule has 0 heterocycles. The summed E-state index contributed by atoms with van der Waals surface area (Å²) in [6.07, 6.45) is 90.1. The van der Waals surface area contributed by atoms with Crippen molar-refractivity contribution in [1.29, 1.82) is 0 Å². The molecule has 1 atom stereocenters. The van der Waals surface area contributed by atoms with Crippen LogP contribution in [-0.4, -0.2) is 37.2 Å². The van der Waals surface area contributed by atoms with Gasteiger partial charge in [-0.05, 0) is 83.5 Å². The molecular weight excluding hydrogens is 973 g/mol. The predicted molar refractivity (Wildman–Crippen MR) is 344 cm³/mol. The van der Waals surface area contributed by atoms with Crippen molar-refractivity contribution in [1.82, 2.24) is 0 Å². The van der Waals surface area contributed by atoms with Crippen molar-refractivity contribution in [2.45, 2.75) is 335 Å². The van der Waals surface area contributed by atoms with Crippen molar-refractivity contribution < 1.29 is 28.6 Å². The first kappa shape index (κ1) is 75.3. The third-order valence-corrected chi connectivity index (χ3v) is 14.6. The van der Waals surface area contributed by atoms with Gasteiger partial charge in [-0.15, -0.1) is 0 Å². The molecule has 0 aromatic rings. The quantitative estimate of drug-likeness (QED) is 0.0261. The van der Waals surface area contributed by atoms with E-state index >= 15 is 0 Å². The van der Waals surface area contributed by atoms with E-state index in [0.717, 1.165) is 122 Å². The van der Waals surface area contributed by atoms with Crippen LogP contribution in [0.1, 0.15) is 329 Å². The first-order valence-electron chi connectivity index (χ1n) is 33.7. The fraction of sp³-hybridized carbons (Fsp3) is 0.740. The Labute approximate surface area is 489 Å². The highest BCUT2D eigenvalue weighted by atomic mass is 16.6. The molecular formula is C73H126O6. The second kappa shape index (κ2) is 66.8. The molecule has 6 heteroatoms. The number of esters is 3. The zero-order valence-electron chi connectivity index (χ0n) is 52.1. The Kier molecular flexibility index (Phi) is 63.7. The Morgan fingerprint density at radius 1 is 0.266 bits per heavy atom. The molecule has 0 aliphatic heterocycles. The molecule has 0 fully saturated rings. The van der Waals surface area contributed by atoms with E-state index in [1.54, 1.807) is 0 Å². The molecule has 0 aromatic carbocycles. The van der Waals surface area contributed by atoms with Gasteiger partial charge in [0.2, 0.25) is 0 Å². The minimum absolute atomic E-state index is 0.0819. The van der Waals surface area contributed by atoms with Crippen LogP contribution >= 0.6 is 0 Å². The Bertz CT molecular complexity index is 1540. The minimum atomic E-state index is -0.786. The maximum absolute atomic E-state index is 12.9. The predicted octanol–water partition coefficient (Wildman–Crippen LogP) is 23.2. The van der Waals surface area contributed by atoms with Crippen molar-refractivity contribution >= 4 is 17.9 Å². The van der Waals surface area contributed by atoms with Crippen molar-refractivity contribution in [2.24, 2.45) is 0 Å². The van der Waals surface area contributed by atoms with E-state index in [4.69, 9.17) is 14.2 Å². The maximum Gasteiger partial charge on any atom is 0.306 e. The Morgan fingerprint density at radius 3 is 0.772 bits per heavy atom. The van der Waals surface area contributed by atoms with E-state index in [2.05, 4.69) is 118 Å². The van der Waals surface area contributed by atoms with Crippen LogP contribution in [0.25, 0.3) is 0 Å². The highest BCUT2D eigenvalue weighted by Crippen LogP contribution is 2.17. The summed E-state index contributed by atoms with van der Waals surface area (Å²) in [6.45, 7) is 6.52. The summed E-state index contributed by atoms with van der Waals surface area (Å²) in [7, 11) is 0. The smallest absolute Gasteiger partial charge is 0.306 e. The second-order valence-corrected chi connectivity index (χ2v) is 22.4. The van der Waals surface area contributed by atoms with Crippen LogP contribution in [0.15, 0.2) is 97.2 Å². The van der Waals surface area contributed by atoms with Gasteiger partial charge < -0.3 is 14.2 Å². The number of hydrogen-bond donors (Lipinski definition) is 0. The SMILES string of the molecule is CC/C=C\C/C=C\C/C=C\C/C=C\C/C=C\C/C=C\C/C=C\C/C=C\CCCCCCC(=O)OCC(COC(=O)CCCCCCCCCCC)OC(=O)CCCCCCCCCCCCCCCCCCCCCCCCC. The van der Waals surface area contributed by atoms with Crippen LogP contribution in [0, 0.1) is 0 Å². The maximum atomic E-state index is 12.9. The van der Waals surface area contributed by atoms with Crippen molar-refractivity contribution in [3.63, 3.8) is 0 Å². The average molecular weight is 1100 g/mol. The number of unbranched alkanes of at least 4 members (excludes halogenated alkanes) is 34. The van der Waals surface area contributed by atoms with Crippen molar-refractivity contribution in [3.8, 4) is 0 Å². The zero-order chi connectivity index (χ0) is 57.1. The van der Waals surface area contributed by atoms with Crippen LogP contribution in [0.4, 0.5) is 0 Å². The van der Waals surface area contributed by atoms with E-state index < -0.39 is 6.10 Å². The highest BCUT2D eigenvalue weighted by molar-refractivity contribution is 5.71. The minimum Gasteiger partial charge on any atom is -0.462 e. The van der Waals surface area contributed by atoms with Gasteiger partial charge in [0.25, 0.3) is 0 Å². The topological polar surface area (TPSA) is 78.9 Å². The van der Waals surface area contributed by atoms with Crippen molar-refractivity contribution in [2.75, 3.05) is 13.2 Å². The van der Waals surface area contributed by atoms with E-state index in [-0.39, 0.29) is 31.1 Å². The molecule has 0 saturated carbocycles. The zero-order valence-corrected chi connectivity index (χ0v) is 52.1. The molecule has 0 aliphatic rings. The molecule has 454 valence electrons. The summed E-state index contributed by atoms with van der Waals surface area (Å²) in [5, 5.41) is 0. The normalized spacial score (nSPS) is 12.7. The Hall–Kier alpha value is -3.67. The van der Waals surface area contributed by atoms with Gasteiger partial charge in [-0.1, -0.05) is 323 Å². The molecule has 1 unspecified atom stereocenters. The van der Waals surface area contributed by atoms with Gasteiger partial charge in [0, 0.05) is 19.3 Å². The third-order valence-electron chi connectivity index (χ3n) is 14.6. The second-order valence-electron chi connectivity index (χ2n) is 22.4. The largest absolute Gasteiger partial charge is 0.462 e. The molecule has 0 bridgehead atoms. The molecule has 0 rings (SSSR count). The lowest BCUT2D eigenvalue weighted by Crippen LogP contribution is -2.30. The monoisotopic (exact) mass is 1100 g/mol. The lowest BCUT2D eigenvalue weighted by Gasteiger charge is -2.18. The number of carbonyl (C=O) groups is 3. The van der Waals surface area contributed by atoms with Gasteiger partial charge in [-0.3, -0.25) is 14.4 Å². The van der Waals surface area contributed by atoms with E-state index in [9.17, 15) is 14.4 Å². The number of allylic oxidation sites excluding steroid dienone is 16. The molecule has 0 N–H and O–H groups in total. The number of rotatable bonds is 61. The first-order chi connectivity index (χ1) is 39.0.